The monoisotopic (exact) mass is 742 g/mol. The lowest BCUT2D eigenvalue weighted by Crippen LogP contribution is -2.18. The fraction of sp³-hybridized carbons (Fsp3) is 0.116. The molecule has 0 aliphatic heterocycles. The highest BCUT2D eigenvalue weighted by molar-refractivity contribution is 6.11. The topological polar surface area (TPSA) is 176 Å². The minimum Gasteiger partial charge on any atom is -0.508 e. The number of hydrogen-bond donors (Lipinski definition) is 6. The molecule has 0 radical (unpaired) electrons. The summed E-state index contributed by atoms with van der Waals surface area (Å²) in [6.45, 7) is 4.38. The lowest BCUT2D eigenvalue weighted by atomic mass is 9.78. The molecule has 6 N–H and O–H groups in total. The van der Waals surface area contributed by atoms with Crippen LogP contribution >= 0.6 is 0 Å². The van der Waals surface area contributed by atoms with Crippen molar-refractivity contribution >= 4 is 23.3 Å². The molecule has 0 heterocycles. The van der Waals surface area contributed by atoms with E-state index < -0.39 is 11.9 Å². The molecule has 0 atom stereocenters. The third-order valence-electron chi connectivity index (χ3n) is 8.90. The van der Waals surface area contributed by atoms with E-state index in [0.29, 0.717) is 45.5 Å². The number of nitrogens with one attached hydrogen (secondary N) is 2. The standard InChI is InChI=1S/C43H38N2O10/c1-43(2,29-4-14-35(15-5-29)54-37-18-8-31(9-19-37)44-41(48)40-24-34(47)13-22-39(40)42(49)50)30-6-16-36(17-7-30)55-38-20-10-32(11-21-38)45-52-25-28-23-33(46)12-3-27(28)26-53-51/h3-24,45-47,51H,25-26H2,1-2H3,(H,44,48)(H,49,50). The van der Waals surface area contributed by atoms with Crippen molar-refractivity contribution in [2.24, 2.45) is 0 Å². The molecule has 280 valence electrons. The number of carbonyl (C=O) groups is 2. The first-order valence-electron chi connectivity index (χ1n) is 17.1. The van der Waals surface area contributed by atoms with Crippen LogP contribution in [0, 0.1) is 0 Å². The molecule has 55 heavy (non-hydrogen) atoms. The number of anilines is 2. The van der Waals surface area contributed by atoms with Crippen LogP contribution in [0.1, 0.15) is 56.8 Å². The second kappa shape index (κ2) is 16.9. The number of aromatic hydroxyl groups is 2. The number of carboxylic acids is 1. The largest absolute Gasteiger partial charge is 0.508 e. The summed E-state index contributed by atoms with van der Waals surface area (Å²) in [6, 6.07) is 37.8. The molecule has 12 nitrogen and oxygen atoms in total. The van der Waals surface area contributed by atoms with Crippen LogP contribution in [0.25, 0.3) is 0 Å². The van der Waals surface area contributed by atoms with Crippen molar-refractivity contribution < 1.29 is 49.4 Å². The van der Waals surface area contributed by atoms with Crippen LogP contribution in [0.3, 0.4) is 0 Å². The van der Waals surface area contributed by atoms with Crippen LogP contribution < -0.4 is 20.3 Å². The van der Waals surface area contributed by atoms with Crippen LogP contribution in [-0.4, -0.2) is 32.5 Å². The average Bonchev–Trinajstić information content (AvgIpc) is 3.17. The Kier molecular flexibility index (Phi) is 11.6. The fourth-order valence-electron chi connectivity index (χ4n) is 5.77. The van der Waals surface area contributed by atoms with Gasteiger partial charge in [0.1, 0.15) is 47.7 Å². The highest BCUT2D eigenvalue weighted by atomic mass is 17.1. The van der Waals surface area contributed by atoms with Gasteiger partial charge in [0.15, 0.2) is 0 Å². The number of phenolic OH excluding ortho intramolecular Hbond substituents is 2. The first-order valence-corrected chi connectivity index (χ1v) is 17.1. The first kappa shape index (κ1) is 37.9. The second-order valence-electron chi connectivity index (χ2n) is 13.0. The summed E-state index contributed by atoms with van der Waals surface area (Å²) >= 11 is 0. The molecule has 0 fully saturated rings. The normalized spacial score (nSPS) is 11.1. The van der Waals surface area contributed by atoms with E-state index in [1.165, 1.54) is 18.2 Å². The summed E-state index contributed by atoms with van der Waals surface area (Å²) in [5, 5.41) is 40.3. The number of ether oxygens (including phenoxy) is 2. The molecule has 1 amide bonds. The molecule has 0 spiro atoms. The fourth-order valence-corrected chi connectivity index (χ4v) is 5.77. The number of aromatic carboxylic acids is 1. The minimum atomic E-state index is -1.27. The van der Waals surface area contributed by atoms with E-state index in [1.807, 2.05) is 72.8 Å². The summed E-state index contributed by atoms with van der Waals surface area (Å²) in [5.41, 5.74) is 6.80. The highest BCUT2D eigenvalue weighted by Crippen LogP contribution is 2.35. The van der Waals surface area contributed by atoms with Gasteiger partial charge < -0.3 is 30.1 Å². The minimum absolute atomic E-state index is 0.0245. The van der Waals surface area contributed by atoms with Gasteiger partial charge in [-0.15, -0.1) is 0 Å². The molecule has 6 aromatic rings. The van der Waals surface area contributed by atoms with Crippen LogP contribution in [-0.2, 0) is 28.4 Å². The molecular formula is C43H38N2O10. The molecule has 0 saturated heterocycles. The Morgan fingerprint density at radius 2 is 1.07 bits per heavy atom. The predicted molar refractivity (Wildman–Crippen MR) is 205 cm³/mol. The lowest BCUT2D eigenvalue weighted by molar-refractivity contribution is -0.253. The Labute approximate surface area is 316 Å². The van der Waals surface area contributed by atoms with E-state index in [1.54, 1.807) is 36.4 Å². The molecule has 6 aromatic carbocycles. The quantitative estimate of drug-likeness (QED) is 0.0436. The summed E-state index contributed by atoms with van der Waals surface area (Å²) in [6.07, 6.45) is 0. The third-order valence-corrected chi connectivity index (χ3v) is 8.90. The van der Waals surface area contributed by atoms with Gasteiger partial charge in [0, 0.05) is 11.1 Å². The number of phenols is 2. The van der Waals surface area contributed by atoms with Crippen molar-refractivity contribution in [3.05, 3.63) is 167 Å². The number of benzene rings is 6. The maximum atomic E-state index is 12.7. The highest BCUT2D eigenvalue weighted by Gasteiger charge is 2.23. The molecule has 0 saturated carbocycles. The van der Waals surface area contributed by atoms with Crippen molar-refractivity contribution in [2.75, 3.05) is 10.8 Å². The van der Waals surface area contributed by atoms with Crippen LogP contribution in [0.15, 0.2) is 133 Å². The van der Waals surface area contributed by atoms with Gasteiger partial charge in [-0.05, 0) is 125 Å². The Hall–Kier alpha value is -6.86. The Balaban J connectivity index is 1.00. The van der Waals surface area contributed by atoms with Crippen LogP contribution in [0.2, 0.25) is 0 Å². The van der Waals surface area contributed by atoms with E-state index in [4.69, 9.17) is 19.6 Å². The summed E-state index contributed by atoms with van der Waals surface area (Å²) in [5.74, 6) is 0.418. The SMILES string of the molecule is CC(C)(c1ccc(Oc2ccc(NOCc3cc(O)ccc3COO)cc2)cc1)c1ccc(Oc2ccc(NC(=O)c3cc(O)ccc3C(=O)O)cc2)cc1. The van der Waals surface area contributed by atoms with Crippen molar-refractivity contribution in [3.63, 3.8) is 0 Å². The molecule has 0 aromatic heterocycles. The maximum absolute atomic E-state index is 12.7. The maximum Gasteiger partial charge on any atom is 0.336 e. The Morgan fingerprint density at radius 1 is 0.582 bits per heavy atom. The van der Waals surface area contributed by atoms with Gasteiger partial charge in [0.05, 0.1) is 16.8 Å². The van der Waals surface area contributed by atoms with E-state index in [0.717, 1.165) is 17.2 Å². The molecule has 0 aliphatic carbocycles. The van der Waals surface area contributed by atoms with E-state index in [2.05, 4.69) is 29.5 Å². The zero-order valence-electron chi connectivity index (χ0n) is 29.9. The van der Waals surface area contributed by atoms with Crippen molar-refractivity contribution in [1.29, 1.82) is 0 Å². The van der Waals surface area contributed by atoms with Gasteiger partial charge in [-0.25, -0.2) is 9.68 Å². The van der Waals surface area contributed by atoms with Gasteiger partial charge >= 0.3 is 5.97 Å². The number of carboxylic acid groups (broad SMARTS) is 1. The van der Waals surface area contributed by atoms with Crippen molar-refractivity contribution in [2.45, 2.75) is 32.5 Å². The van der Waals surface area contributed by atoms with Gasteiger partial charge in [-0.3, -0.25) is 20.4 Å². The summed E-state index contributed by atoms with van der Waals surface area (Å²) in [7, 11) is 0. The zero-order chi connectivity index (χ0) is 39.0. The molecule has 0 unspecified atom stereocenters. The van der Waals surface area contributed by atoms with Crippen molar-refractivity contribution in [3.8, 4) is 34.5 Å². The predicted octanol–water partition coefficient (Wildman–Crippen LogP) is 9.49. The third kappa shape index (κ3) is 9.58. The van der Waals surface area contributed by atoms with Gasteiger partial charge in [-0.2, -0.15) is 0 Å². The average molecular weight is 743 g/mol. The van der Waals surface area contributed by atoms with Gasteiger partial charge in [-0.1, -0.05) is 44.2 Å². The second-order valence-corrected chi connectivity index (χ2v) is 13.0. The molecule has 6 rings (SSSR count). The Bertz CT molecular complexity index is 2260. The zero-order valence-corrected chi connectivity index (χ0v) is 29.9. The molecule has 0 aliphatic rings. The van der Waals surface area contributed by atoms with Gasteiger partial charge in [0.2, 0.25) is 0 Å². The number of amides is 1. The first-order chi connectivity index (χ1) is 26.5. The van der Waals surface area contributed by atoms with Crippen molar-refractivity contribution in [1.82, 2.24) is 0 Å². The number of carbonyl (C=O) groups excluding carboxylic acids is 1. The van der Waals surface area contributed by atoms with Gasteiger partial charge in [0.25, 0.3) is 5.91 Å². The lowest BCUT2D eigenvalue weighted by Gasteiger charge is -2.26. The van der Waals surface area contributed by atoms with E-state index in [-0.39, 0.29) is 41.3 Å². The van der Waals surface area contributed by atoms with E-state index >= 15 is 0 Å². The van der Waals surface area contributed by atoms with E-state index in [9.17, 15) is 24.9 Å². The summed E-state index contributed by atoms with van der Waals surface area (Å²) in [4.78, 5) is 34.0. The summed E-state index contributed by atoms with van der Waals surface area (Å²) < 4.78 is 12.1. The number of rotatable bonds is 15. The molecule has 0 bridgehead atoms. The van der Waals surface area contributed by atoms with Crippen LogP contribution in [0.5, 0.6) is 34.5 Å². The smallest absolute Gasteiger partial charge is 0.336 e. The van der Waals surface area contributed by atoms with Crippen LogP contribution in [0.4, 0.5) is 11.4 Å². The molecular weight excluding hydrogens is 704 g/mol. The Morgan fingerprint density at radius 3 is 1.60 bits per heavy atom. The number of hydrogen-bond acceptors (Lipinski definition) is 10. The molecule has 12 heteroatoms.